The van der Waals surface area contributed by atoms with E-state index < -0.39 is 5.91 Å². The molecular formula is C22H21N5O2. The number of carbonyl (C=O) groups excluding carboxylic acids is 2. The topological polar surface area (TPSA) is 110 Å². The van der Waals surface area contributed by atoms with Crippen molar-refractivity contribution in [3.63, 3.8) is 0 Å². The molecule has 0 spiro atoms. The summed E-state index contributed by atoms with van der Waals surface area (Å²) in [4.78, 5) is 32.2. The fourth-order valence-electron chi connectivity index (χ4n) is 3.07. The minimum atomic E-state index is -0.421. The Morgan fingerprint density at radius 2 is 1.93 bits per heavy atom. The number of aromatic nitrogens is 2. The van der Waals surface area contributed by atoms with Crippen LogP contribution in [0.15, 0.2) is 55.0 Å². The lowest BCUT2D eigenvalue weighted by molar-refractivity contribution is -0.117. The largest absolute Gasteiger partial charge is 0.398 e. The molecular weight excluding hydrogens is 366 g/mol. The maximum atomic E-state index is 12.1. The summed E-state index contributed by atoms with van der Waals surface area (Å²) in [6, 6.07) is 7.84. The Morgan fingerprint density at radius 1 is 1.14 bits per heavy atom. The van der Waals surface area contributed by atoms with Crippen LogP contribution in [0.4, 0.5) is 11.5 Å². The first-order valence-corrected chi connectivity index (χ1v) is 9.39. The molecule has 0 unspecified atom stereocenters. The molecule has 29 heavy (non-hydrogen) atoms. The third-order valence-electron chi connectivity index (χ3n) is 4.78. The molecule has 2 amide bonds. The fourth-order valence-corrected chi connectivity index (χ4v) is 3.07. The van der Waals surface area contributed by atoms with Crippen LogP contribution in [0.3, 0.4) is 0 Å². The number of rotatable bonds is 5. The van der Waals surface area contributed by atoms with Crippen molar-refractivity contribution in [2.45, 2.75) is 25.8 Å². The van der Waals surface area contributed by atoms with Gasteiger partial charge in [0, 0.05) is 53.4 Å². The summed E-state index contributed by atoms with van der Waals surface area (Å²) < 4.78 is 0. The highest BCUT2D eigenvalue weighted by molar-refractivity contribution is 6.04. The summed E-state index contributed by atoms with van der Waals surface area (Å²) in [5.74, 6) is -0.303. The lowest BCUT2D eigenvalue weighted by Gasteiger charge is -2.10. The van der Waals surface area contributed by atoms with Crippen molar-refractivity contribution in [3.8, 4) is 11.1 Å². The Labute approximate surface area is 168 Å². The maximum Gasteiger partial charge on any atom is 0.249 e. The average Bonchev–Trinajstić information content (AvgIpc) is 3.50. The summed E-state index contributed by atoms with van der Waals surface area (Å²) in [5, 5.41) is 7.12. The Hall–Kier alpha value is -3.74. The lowest BCUT2D eigenvalue weighted by Crippen LogP contribution is -2.23. The predicted octanol–water partition coefficient (Wildman–Crippen LogP) is 2.96. The Kier molecular flexibility index (Phi) is 4.95. The number of nitrogens with zero attached hydrogens (tertiary/aromatic N) is 2. The third-order valence-corrected chi connectivity index (χ3v) is 4.78. The highest BCUT2D eigenvalue weighted by Crippen LogP contribution is 2.31. The van der Waals surface area contributed by atoms with E-state index in [0.717, 1.165) is 40.3 Å². The number of nitrogens with one attached hydrogen (secondary N) is 2. The van der Waals surface area contributed by atoms with Crippen LogP contribution >= 0.6 is 0 Å². The zero-order valence-corrected chi connectivity index (χ0v) is 16.0. The molecule has 1 aliphatic carbocycles. The molecule has 2 aromatic heterocycles. The maximum absolute atomic E-state index is 12.1. The molecule has 4 rings (SSSR count). The third kappa shape index (κ3) is 4.40. The van der Waals surface area contributed by atoms with Crippen LogP contribution in [0.25, 0.3) is 21.9 Å². The quantitative estimate of drug-likeness (QED) is 0.460. The van der Waals surface area contributed by atoms with Crippen LogP contribution < -0.4 is 16.4 Å². The van der Waals surface area contributed by atoms with E-state index in [9.17, 15) is 9.59 Å². The van der Waals surface area contributed by atoms with Gasteiger partial charge in [0.2, 0.25) is 11.8 Å². The summed E-state index contributed by atoms with van der Waals surface area (Å²) in [5.41, 5.74) is 9.85. The zero-order valence-electron chi connectivity index (χ0n) is 16.0. The van der Waals surface area contributed by atoms with Crippen molar-refractivity contribution in [3.05, 3.63) is 60.6 Å². The van der Waals surface area contributed by atoms with Gasteiger partial charge in [-0.3, -0.25) is 14.6 Å². The summed E-state index contributed by atoms with van der Waals surface area (Å²) in [7, 11) is 0. The van der Waals surface area contributed by atoms with Gasteiger partial charge in [0.15, 0.2) is 0 Å². The molecule has 0 radical (unpaired) electrons. The van der Waals surface area contributed by atoms with Crippen LogP contribution in [0.2, 0.25) is 0 Å². The van der Waals surface area contributed by atoms with E-state index in [2.05, 4.69) is 20.6 Å². The van der Waals surface area contributed by atoms with Crippen molar-refractivity contribution in [1.29, 1.82) is 0 Å². The second-order valence-corrected chi connectivity index (χ2v) is 7.15. The number of nitrogens with two attached hydrogens (primary N) is 1. The number of hydrogen-bond donors (Lipinski definition) is 3. The molecule has 0 aliphatic heterocycles. The number of fused-ring (bicyclic) bond motifs is 1. The molecule has 1 aliphatic rings. The standard InChI is InChI=1S/C22H21N5O2/c1-13-6-7-24-11-17(13)14-8-15-10-20(25-12-18(15)19(23)9-14)27-22(29)5-4-21(28)26-16-2-3-16/h4-12,16H,2-3,23H2,1H3,(H,26,28)(H,25,27,29)/b5-4+. The van der Waals surface area contributed by atoms with Gasteiger partial charge in [-0.05, 0) is 60.5 Å². The fraction of sp³-hybridized carbons (Fsp3) is 0.182. The Morgan fingerprint density at radius 3 is 2.69 bits per heavy atom. The van der Waals surface area contributed by atoms with E-state index in [0.29, 0.717) is 11.5 Å². The van der Waals surface area contributed by atoms with Crippen molar-refractivity contribution in [1.82, 2.24) is 15.3 Å². The molecule has 3 aromatic rings. The molecule has 0 bridgehead atoms. The van der Waals surface area contributed by atoms with Crippen molar-refractivity contribution in [2.75, 3.05) is 11.1 Å². The van der Waals surface area contributed by atoms with Gasteiger partial charge in [-0.25, -0.2) is 4.98 Å². The lowest BCUT2D eigenvalue weighted by atomic mass is 9.99. The molecule has 7 heteroatoms. The minimum Gasteiger partial charge on any atom is -0.398 e. The second kappa shape index (κ2) is 7.71. The molecule has 1 saturated carbocycles. The number of amides is 2. The predicted molar refractivity (Wildman–Crippen MR) is 113 cm³/mol. The van der Waals surface area contributed by atoms with Crippen LogP contribution in [-0.2, 0) is 9.59 Å². The van der Waals surface area contributed by atoms with Gasteiger partial charge in [-0.15, -0.1) is 0 Å². The Balaban J connectivity index is 1.56. The molecule has 2 heterocycles. The van der Waals surface area contributed by atoms with Crippen LogP contribution in [0, 0.1) is 6.92 Å². The van der Waals surface area contributed by atoms with Gasteiger partial charge in [0.1, 0.15) is 5.82 Å². The van der Waals surface area contributed by atoms with Crippen molar-refractivity contribution >= 4 is 34.1 Å². The zero-order chi connectivity index (χ0) is 20.4. The number of anilines is 2. The first-order chi connectivity index (χ1) is 14.0. The van der Waals surface area contributed by atoms with Crippen molar-refractivity contribution < 1.29 is 9.59 Å². The molecule has 7 nitrogen and oxygen atoms in total. The summed E-state index contributed by atoms with van der Waals surface area (Å²) in [6.07, 6.45) is 9.61. The number of pyridine rings is 2. The van der Waals surface area contributed by atoms with Crippen LogP contribution in [0.1, 0.15) is 18.4 Å². The van der Waals surface area contributed by atoms with Crippen LogP contribution in [-0.4, -0.2) is 27.8 Å². The van der Waals surface area contributed by atoms with Gasteiger partial charge in [-0.1, -0.05) is 0 Å². The number of benzene rings is 1. The molecule has 4 N–H and O–H groups in total. The smallest absolute Gasteiger partial charge is 0.249 e. The van der Waals surface area contributed by atoms with Crippen LogP contribution in [0.5, 0.6) is 0 Å². The monoisotopic (exact) mass is 387 g/mol. The summed E-state index contributed by atoms with van der Waals surface area (Å²) in [6.45, 7) is 2.02. The highest BCUT2D eigenvalue weighted by atomic mass is 16.2. The first-order valence-electron chi connectivity index (χ1n) is 9.39. The normalized spacial score (nSPS) is 13.6. The molecule has 0 atom stereocenters. The van der Waals surface area contributed by atoms with Gasteiger partial charge >= 0.3 is 0 Å². The minimum absolute atomic E-state index is 0.250. The van der Waals surface area contributed by atoms with E-state index in [-0.39, 0.29) is 11.9 Å². The average molecular weight is 387 g/mol. The van der Waals surface area contributed by atoms with E-state index in [1.165, 1.54) is 12.2 Å². The molecule has 146 valence electrons. The summed E-state index contributed by atoms with van der Waals surface area (Å²) >= 11 is 0. The highest BCUT2D eigenvalue weighted by Gasteiger charge is 2.22. The number of aryl methyl sites for hydroxylation is 1. The number of nitrogen functional groups attached to an aromatic ring is 1. The number of hydrogen-bond acceptors (Lipinski definition) is 5. The number of carbonyl (C=O) groups is 2. The Bertz CT molecular complexity index is 1140. The molecule has 0 saturated heterocycles. The van der Waals surface area contributed by atoms with Gasteiger partial charge in [-0.2, -0.15) is 0 Å². The van der Waals surface area contributed by atoms with Gasteiger partial charge in [0.05, 0.1) is 0 Å². The van der Waals surface area contributed by atoms with E-state index in [1.807, 2.05) is 25.1 Å². The van der Waals surface area contributed by atoms with Gasteiger partial charge < -0.3 is 16.4 Å². The molecule has 1 fully saturated rings. The van der Waals surface area contributed by atoms with Gasteiger partial charge in [0.25, 0.3) is 0 Å². The first kappa shape index (κ1) is 18.6. The SMILES string of the molecule is Cc1ccncc1-c1cc(N)c2cnc(NC(=O)/C=C/C(=O)NC3CC3)cc2c1. The van der Waals surface area contributed by atoms with Crippen molar-refractivity contribution in [2.24, 2.45) is 0 Å². The second-order valence-electron chi connectivity index (χ2n) is 7.15. The van der Waals surface area contributed by atoms with E-state index in [1.54, 1.807) is 24.7 Å². The van der Waals surface area contributed by atoms with E-state index >= 15 is 0 Å². The molecule has 1 aromatic carbocycles. The van der Waals surface area contributed by atoms with E-state index in [4.69, 9.17) is 5.73 Å².